The van der Waals surface area contributed by atoms with Gasteiger partial charge in [-0.05, 0) is 29.8 Å². The van der Waals surface area contributed by atoms with Crippen LogP contribution in [-0.4, -0.2) is 60.2 Å². The Balaban J connectivity index is 1.28. The lowest BCUT2D eigenvalue weighted by atomic mass is 10.1. The first-order valence-corrected chi connectivity index (χ1v) is 11.1. The van der Waals surface area contributed by atoms with Crippen LogP contribution in [-0.2, 0) is 22.5 Å². The van der Waals surface area contributed by atoms with Gasteiger partial charge in [0.1, 0.15) is 29.8 Å². The van der Waals surface area contributed by atoms with Crippen molar-refractivity contribution in [2.24, 2.45) is 0 Å². The average Bonchev–Trinajstić information content (AvgIpc) is 2.84. The van der Waals surface area contributed by atoms with Gasteiger partial charge in [0, 0.05) is 55.8 Å². The second kappa shape index (κ2) is 11.6. The van der Waals surface area contributed by atoms with Crippen molar-refractivity contribution in [1.82, 2.24) is 20.2 Å². The third-order valence-electron chi connectivity index (χ3n) is 5.43. The molecule has 3 aromatic rings. The molecule has 9 heteroatoms. The second-order valence-electron chi connectivity index (χ2n) is 7.92. The summed E-state index contributed by atoms with van der Waals surface area (Å²) in [6.07, 6.45) is 2.94. The summed E-state index contributed by atoms with van der Waals surface area (Å²) >= 11 is 0. The topological polar surface area (TPSA) is 76.6 Å². The zero-order valence-corrected chi connectivity index (χ0v) is 18.7. The van der Waals surface area contributed by atoms with Gasteiger partial charge in [0.2, 0.25) is 5.91 Å². The summed E-state index contributed by atoms with van der Waals surface area (Å²) in [6.45, 7) is 4.65. The number of ether oxygens (including phenoxy) is 2. The number of halogens is 2. The summed E-state index contributed by atoms with van der Waals surface area (Å²) in [4.78, 5) is 22.7. The standard InChI is InChI=1S/C25H26F2N4O3/c26-20-3-1-2-18(12-20)15-30-25(32)14-24-28-16-19(17-29-24)22-5-4-21(13-23(22)27)34-11-8-31-6-9-33-10-7-31/h1-5,12-13,16-17H,6-11,14-15H2,(H,30,32). The highest BCUT2D eigenvalue weighted by molar-refractivity contribution is 5.77. The van der Waals surface area contributed by atoms with E-state index in [4.69, 9.17) is 9.47 Å². The molecule has 1 aliphatic rings. The number of hydrogen-bond donors (Lipinski definition) is 1. The van der Waals surface area contributed by atoms with E-state index >= 15 is 0 Å². The fourth-order valence-corrected chi connectivity index (χ4v) is 3.58. The molecular formula is C25H26F2N4O3. The maximum absolute atomic E-state index is 14.7. The predicted molar refractivity (Wildman–Crippen MR) is 122 cm³/mol. The number of aromatic nitrogens is 2. The van der Waals surface area contributed by atoms with Gasteiger partial charge in [-0.25, -0.2) is 18.7 Å². The van der Waals surface area contributed by atoms with E-state index in [1.54, 1.807) is 24.3 Å². The van der Waals surface area contributed by atoms with Crippen LogP contribution >= 0.6 is 0 Å². The first-order chi connectivity index (χ1) is 16.6. The monoisotopic (exact) mass is 468 g/mol. The fourth-order valence-electron chi connectivity index (χ4n) is 3.58. The molecule has 0 saturated carbocycles. The molecule has 0 bridgehead atoms. The van der Waals surface area contributed by atoms with E-state index < -0.39 is 5.82 Å². The highest BCUT2D eigenvalue weighted by atomic mass is 19.1. The molecule has 1 aromatic heterocycles. The van der Waals surface area contributed by atoms with Gasteiger partial charge in [-0.2, -0.15) is 0 Å². The predicted octanol–water partition coefficient (Wildman–Crippen LogP) is 2.99. The lowest BCUT2D eigenvalue weighted by Crippen LogP contribution is -2.38. The highest BCUT2D eigenvalue weighted by Crippen LogP contribution is 2.25. The van der Waals surface area contributed by atoms with Crippen molar-refractivity contribution in [2.75, 3.05) is 39.5 Å². The molecular weight excluding hydrogens is 442 g/mol. The Bertz CT molecular complexity index is 1110. The van der Waals surface area contributed by atoms with E-state index in [0.717, 1.165) is 32.8 Å². The Labute approximate surface area is 196 Å². The molecule has 0 spiro atoms. The van der Waals surface area contributed by atoms with Crippen LogP contribution in [0.15, 0.2) is 54.9 Å². The number of nitrogens with one attached hydrogen (secondary N) is 1. The van der Waals surface area contributed by atoms with Gasteiger partial charge in [-0.15, -0.1) is 0 Å². The number of nitrogens with zero attached hydrogens (tertiary/aromatic N) is 3. The first kappa shape index (κ1) is 23.7. The van der Waals surface area contributed by atoms with E-state index in [9.17, 15) is 13.6 Å². The fraction of sp³-hybridized carbons (Fsp3) is 0.320. The Morgan fingerprint density at radius 3 is 2.62 bits per heavy atom. The second-order valence-corrected chi connectivity index (χ2v) is 7.92. The Morgan fingerprint density at radius 1 is 1.09 bits per heavy atom. The van der Waals surface area contributed by atoms with Crippen LogP contribution in [0.1, 0.15) is 11.4 Å². The van der Waals surface area contributed by atoms with Gasteiger partial charge < -0.3 is 14.8 Å². The summed E-state index contributed by atoms with van der Waals surface area (Å²) in [5.41, 5.74) is 1.51. The van der Waals surface area contributed by atoms with Gasteiger partial charge >= 0.3 is 0 Å². The zero-order chi connectivity index (χ0) is 23.8. The van der Waals surface area contributed by atoms with Crippen molar-refractivity contribution in [1.29, 1.82) is 0 Å². The van der Waals surface area contributed by atoms with E-state index in [1.165, 1.54) is 30.6 Å². The number of rotatable bonds is 9. The Kier molecular flexibility index (Phi) is 8.11. The smallest absolute Gasteiger partial charge is 0.227 e. The van der Waals surface area contributed by atoms with Crippen LogP contribution in [0.3, 0.4) is 0 Å². The quantitative estimate of drug-likeness (QED) is 0.520. The van der Waals surface area contributed by atoms with E-state index in [0.29, 0.717) is 34.9 Å². The molecule has 1 amide bonds. The van der Waals surface area contributed by atoms with Gasteiger partial charge in [0.15, 0.2) is 0 Å². The van der Waals surface area contributed by atoms with Crippen LogP contribution in [0.5, 0.6) is 5.75 Å². The molecule has 1 N–H and O–H groups in total. The zero-order valence-electron chi connectivity index (χ0n) is 18.7. The first-order valence-electron chi connectivity index (χ1n) is 11.1. The molecule has 4 rings (SSSR count). The number of carbonyl (C=O) groups excluding carboxylic acids is 1. The van der Waals surface area contributed by atoms with E-state index in [1.807, 2.05) is 0 Å². The normalized spacial score (nSPS) is 14.1. The highest BCUT2D eigenvalue weighted by Gasteiger charge is 2.12. The molecule has 0 unspecified atom stereocenters. The molecule has 2 aromatic carbocycles. The lowest BCUT2D eigenvalue weighted by molar-refractivity contribution is -0.120. The Hall–Kier alpha value is -3.43. The van der Waals surface area contributed by atoms with Crippen LogP contribution in [0, 0.1) is 11.6 Å². The number of benzene rings is 2. The maximum atomic E-state index is 14.7. The number of carbonyl (C=O) groups is 1. The van der Waals surface area contributed by atoms with Gasteiger partial charge in [0.05, 0.1) is 19.6 Å². The molecule has 1 fully saturated rings. The summed E-state index contributed by atoms with van der Waals surface area (Å²) in [7, 11) is 0. The minimum atomic E-state index is -0.437. The SMILES string of the molecule is O=C(Cc1ncc(-c2ccc(OCCN3CCOCC3)cc2F)cn1)NCc1cccc(F)c1. The minimum Gasteiger partial charge on any atom is -0.492 e. The van der Waals surface area contributed by atoms with Gasteiger partial charge in [-0.1, -0.05) is 12.1 Å². The summed E-state index contributed by atoms with van der Waals surface area (Å²) in [5, 5.41) is 2.71. The average molecular weight is 469 g/mol. The summed E-state index contributed by atoms with van der Waals surface area (Å²) in [5.74, 6) is -0.314. The van der Waals surface area contributed by atoms with Gasteiger partial charge in [0.25, 0.3) is 0 Å². The summed E-state index contributed by atoms with van der Waals surface area (Å²) < 4.78 is 38.9. The maximum Gasteiger partial charge on any atom is 0.227 e. The molecule has 34 heavy (non-hydrogen) atoms. The molecule has 1 aliphatic heterocycles. The number of hydrogen-bond acceptors (Lipinski definition) is 6. The van der Waals surface area contributed by atoms with Crippen molar-refractivity contribution in [3.63, 3.8) is 0 Å². The molecule has 0 radical (unpaired) electrons. The van der Waals surface area contributed by atoms with Crippen molar-refractivity contribution < 1.29 is 23.0 Å². The Morgan fingerprint density at radius 2 is 1.88 bits per heavy atom. The van der Waals surface area contributed by atoms with E-state index in [2.05, 4.69) is 20.2 Å². The van der Waals surface area contributed by atoms with Crippen LogP contribution < -0.4 is 10.1 Å². The van der Waals surface area contributed by atoms with Crippen molar-refractivity contribution in [3.05, 3.63) is 77.9 Å². The molecule has 7 nitrogen and oxygen atoms in total. The van der Waals surface area contributed by atoms with Crippen LogP contribution in [0.25, 0.3) is 11.1 Å². The van der Waals surface area contributed by atoms with Crippen molar-refractivity contribution in [2.45, 2.75) is 13.0 Å². The van der Waals surface area contributed by atoms with Crippen molar-refractivity contribution in [3.8, 4) is 16.9 Å². The molecule has 0 aliphatic carbocycles. The lowest BCUT2D eigenvalue weighted by Gasteiger charge is -2.26. The minimum absolute atomic E-state index is 0.0337. The van der Waals surface area contributed by atoms with Crippen LogP contribution in [0.2, 0.25) is 0 Å². The third-order valence-corrected chi connectivity index (χ3v) is 5.43. The number of morpholine rings is 1. The number of amides is 1. The molecule has 178 valence electrons. The van der Waals surface area contributed by atoms with Gasteiger partial charge in [-0.3, -0.25) is 9.69 Å². The third kappa shape index (κ3) is 6.79. The van der Waals surface area contributed by atoms with E-state index in [-0.39, 0.29) is 24.7 Å². The summed E-state index contributed by atoms with van der Waals surface area (Å²) in [6, 6.07) is 10.7. The molecule has 1 saturated heterocycles. The largest absolute Gasteiger partial charge is 0.492 e. The van der Waals surface area contributed by atoms with Crippen molar-refractivity contribution >= 4 is 5.91 Å². The molecule has 2 heterocycles. The van der Waals surface area contributed by atoms with Crippen LogP contribution in [0.4, 0.5) is 8.78 Å². The molecule has 0 atom stereocenters.